The van der Waals surface area contributed by atoms with Crippen molar-refractivity contribution in [2.24, 2.45) is 5.92 Å². The van der Waals surface area contributed by atoms with Gasteiger partial charge in [0.25, 0.3) is 0 Å². The van der Waals surface area contributed by atoms with Crippen molar-refractivity contribution in [3.8, 4) is 11.5 Å². The van der Waals surface area contributed by atoms with Gasteiger partial charge in [-0.2, -0.15) is 0 Å². The first-order chi connectivity index (χ1) is 11.5. The Hall–Kier alpha value is -1.78. The molecule has 6 atom stereocenters. The number of piperidine rings is 1. The Balaban J connectivity index is 1.78. The Morgan fingerprint density at radius 1 is 1.46 bits per heavy atom. The zero-order valence-corrected chi connectivity index (χ0v) is 13.9. The summed E-state index contributed by atoms with van der Waals surface area (Å²) in [6, 6.07) is 4.06. The lowest BCUT2D eigenvalue weighted by atomic mass is 9.52. The summed E-state index contributed by atoms with van der Waals surface area (Å²) in [5.74, 6) is 0.763. The van der Waals surface area contributed by atoms with E-state index in [0.29, 0.717) is 17.7 Å². The summed E-state index contributed by atoms with van der Waals surface area (Å²) in [5, 5.41) is 23.0. The molecule has 5 rings (SSSR count). The van der Waals surface area contributed by atoms with Crippen LogP contribution in [0.2, 0.25) is 0 Å². The fraction of sp³-hybridized carbons (Fsp3) is 0.500. The third-order valence-corrected chi connectivity index (χ3v) is 7.07. The molecule has 0 radical (unpaired) electrons. The van der Waals surface area contributed by atoms with Crippen LogP contribution >= 0.6 is 0 Å². The summed E-state index contributed by atoms with van der Waals surface area (Å²) >= 11 is 0. The van der Waals surface area contributed by atoms with Gasteiger partial charge in [-0.1, -0.05) is 36.6 Å². The van der Waals surface area contributed by atoms with Crippen LogP contribution in [0.5, 0.6) is 11.5 Å². The molecule has 0 amide bonds. The van der Waals surface area contributed by atoms with Gasteiger partial charge in [0.15, 0.2) is 0 Å². The Morgan fingerprint density at radius 2 is 2.29 bits per heavy atom. The van der Waals surface area contributed by atoms with Crippen molar-refractivity contribution in [2.75, 3.05) is 20.1 Å². The van der Waals surface area contributed by atoms with E-state index < -0.39 is 6.10 Å². The number of hydrogen-bond donors (Lipinski definition) is 1. The molecule has 4 heteroatoms. The van der Waals surface area contributed by atoms with E-state index in [2.05, 4.69) is 19.7 Å². The average Bonchev–Trinajstić information content (AvgIpc) is 2.91. The minimum absolute atomic E-state index is 0.0455. The minimum atomic E-state index is -0.643. The van der Waals surface area contributed by atoms with Gasteiger partial charge in [-0.05, 0) is 11.6 Å². The van der Waals surface area contributed by atoms with Crippen molar-refractivity contribution in [3.63, 3.8) is 0 Å². The molecular formula is C20H23NO3. The highest BCUT2D eigenvalue weighted by Crippen LogP contribution is 2.62. The Bertz CT molecular complexity index is 772. The maximum absolute atomic E-state index is 12.4. The molecule has 2 heterocycles. The van der Waals surface area contributed by atoms with E-state index in [-0.39, 0.29) is 17.3 Å². The van der Waals surface area contributed by atoms with Crippen LogP contribution in [-0.2, 0) is 11.8 Å². The lowest BCUT2D eigenvalue weighted by Crippen LogP contribution is -2.71. The third-order valence-electron chi connectivity index (χ3n) is 7.07. The number of hydrogen-bond acceptors (Lipinski definition) is 3. The minimum Gasteiger partial charge on any atom is -0.870 e. The number of aliphatic hydroxyl groups excluding tert-OH is 1. The van der Waals surface area contributed by atoms with Gasteiger partial charge in [0.05, 0.1) is 25.6 Å². The summed E-state index contributed by atoms with van der Waals surface area (Å²) in [7, 11) is 2.32. The summed E-state index contributed by atoms with van der Waals surface area (Å²) in [6.45, 7) is 5.93. The van der Waals surface area contributed by atoms with Gasteiger partial charge in [-0.25, -0.2) is 0 Å². The summed E-state index contributed by atoms with van der Waals surface area (Å²) in [6.07, 6.45) is 7.02. The van der Waals surface area contributed by atoms with Gasteiger partial charge < -0.3 is 19.4 Å². The second-order valence-electron chi connectivity index (χ2n) is 8.10. The zero-order valence-electron chi connectivity index (χ0n) is 13.9. The molecule has 126 valence electrons. The number of likely N-dealkylation sites (tertiary alicyclic amines) is 1. The first kappa shape index (κ1) is 14.6. The number of aliphatic hydroxyl groups is 1. The van der Waals surface area contributed by atoms with Crippen molar-refractivity contribution in [2.45, 2.75) is 36.5 Å². The van der Waals surface area contributed by atoms with Gasteiger partial charge in [0.1, 0.15) is 24.0 Å². The second-order valence-corrected chi connectivity index (χ2v) is 8.10. The van der Waals surface area contributed by atoms with Gasteiger partial charge in [-0.3, -0.25) is 0 Å². The maximum atomic E-state index is 12.4. The van der Waals surface area contributed by atoms with Gasteiger partial charge in [-0.15, -0.1) is 0 Å². The molecule has 2 aliphatic heterocycles. The summed E-state index contributed by atoms with van der Waals surface area (Å²) < 4.78 is 7.08. The second kappa shape index (κ2) is 4.44. The molecule has 0 aromatic heterocycles. The van der Waals surface area contributed by atoms with E-state index in [4.69, 9.17) is 4.74 Å². The number of benzene rings is 1. The highest BCUT2D eigenvalue weighted by Gasteiger charge is 2.67. The van der Waals surface area contributed by atoms with E-state index in [1.165, 1.54) is 5.56 Å². The molecule has 1 fully saturated rings. The number of ether oxygens (including phenoxy) is 1. The predicted molar refractivity (Wildman–Crippen MR) is 88.8 cm³/mol. The van der Waals surface area contributed by atoms with Crippen molar-refractivity contribution in [1.29, 1.82) is 0 Å². The van der Waals surface area contributed by atoms with E-state index in [1.54, 1.807) is 6.07 Å². The van der Waals surface area contributed by atoms with Crippen molar-refractivity contribution < 1.29 is 19.4 Å². The molecule has 2 aliphatic carbocycles. The fourth-order valence-corrected chi connectivity index (χ4v) is 6.01. The normalized spacial score (nSPS) is 43.9. The monoisotopic (exact) mass is 325 g/mol. The average molecular weight is 325 g/mol. The molecule has 1 spiro atoms. The maximum Gasteiger partial charge on any atom is 0.139 e. The third kappa shape index (κ3) is 1.47. The van der Waals surface area contributed by atoms with E-state index >= 15 is 0 Å². The van der Waals surface area contributed by atoms with Crippen LogP contribution < -0.4 is 9.84 Å². The Labute approximate surface area is 142 Å². The molecule has 24 heavy (non-hydrogen) atoms. The fourth-order valence-electron chi connectivity index (χ4n) is 6.01. The smallest absolute Gasteiger partial charge is 0.139 e. The quantitative estimate of drug-likeness (QED) is 0.658. The molecule has 1 aromatic rings. The standard InChI is InChI=1S/C20H23NO3/c1-3-9-21(2)10-8-20-13-5-7-16(23)19(20)24-18-15(22)6-4-12(17(18)20)11-14(13)21/h3-7,13-14,16,19,23H,1,8-11H2,2H3/t13-,14-,16-,19?,20+,21-/m1/s1. The van der Waals surface area contributed by atoms with E-state index in [1.807, 2.05) is 18.2 Å². The summed E-state index contributed by atoms with van der Waals surface area (Å²) in [5.41, 5.74) is 2.11. The molecule has 1 aromatic carbocycles. The molecule has 1 unspecified atom stereocenters. The highest BCUT2D eigenvalue weighted by molar-refractivity contribution is 5.61. The Morgan fingerprint density at radius 3 is 3.08 bits per heavy atom. The number of likely N-dealkylation sites (N-methyl/N-ethyl adjacent to an activating group) is 1. The number of rotatable bonds is 2. The van der Waals surface area contributed by atoms with Gasteiger partial charge in [0.2, 0.25) is 0 Å². The van der Waals surface area contributed by atoms with E-state index in [0.717, 1.165) is 36.0 Å². The van der Waals surface area contributed by atoms with Crippen LogP contribution in [0.1, 0.15) is 17.5 Å². The molecule has 4 aliphatic rings. The van der Waals surface area contributed by atoms with Crippen LogP contribution in [-0.4, -0.2) is 48.0 Å². The zero-order chi connectivity index (χ0) is 16.7. The molecular weight excluding hydrogens is 302 g/mol. The molecule has 1 saturated heterocycles. The molecule has 2 bridgehead atoms. The van der Waals surface area contributed by atoms with E-state index in [9.17, 15) is 10.2 Å². The van der Waals surface area contributed by atoms with Crippen LogP contribution in [0.15, 0.2) is 36.9 Å². The summed E-state index contributed by atoms with van der Waals surface area (Å²) in [4.78, 5) is 0. The van der Waals surface area contributed by atoms with Crippen molar-refractivity contribution in [1.82, 2.24) is 0 Å². The van der Waals surface area contributed by atoms with Crippen LogP contribution in [0.3, 0.4) is 0 Å². The van der Waals surface area contributed by atoms with Crippen LogP contribution in [0.4, 0.5) is 0 Å². The first-order valence-electron chi connectivity index (χ1n) is 8.83. The Kier molecular flexibility index (Phi) is 2.69. The van der Waals surface area contributed by atoms with Gasteiger partial charge in [0, 0.05) is 24.3 Å². The van der Waals surface area contributed by atoms with Crippen molar-refractivity contribution >= 4 is 0 Å². The predicted octanol–water partition coefficient (Wildman–Crippen LogP) is 1.27. The lowest BCUT2D eigenvalue weighted by Gasteiger charge is -2.59. The van der Waals surface area contributed by atoms with Crippen LogP contribution in [0.25, 0.3) is 0 Å². The molecule has 4 nitrogen and oxygen atoms in total. The lowest BCUT2D eigenvalue weighted by molar-refractivity contribution is -0.938. The highest BCUT2D eigenvalue weighted by atomic mass is 16.5. The number of nitrogens with zero attached hydrogens (tertiary/aromatic N) is 1. The molecule has 1 N–H and O–H groups in total. The first-order valence-corrected chi connectivity index (χ1v) is 8.83. The van der Waals surface area contributed by atoms with Crippen molar-refractivity contribution in [3.05, 3.63) is 48.1 Å². The van der Waals surface area contributed by atoms with Crippen LogP contribution in [0, 0.1) is 5.92 Å². The van der Waals surface area contributed by atoms with Gasteiger partial charge >= 0.3 is 0 Å². The largest absolute Gasteiger partial charge is 0.870 e. The SMILES string of the molecule is C=CC[N@+]1(C)CC[C@]23c4c5ccc([O-])c4OC2[C@H](O)C=C[C@@H]3[C@H]1C5. The molecule has 0 saturated carbocycles. The topological polar surface area (TPSA) is 52.5 Å². The number of quaternary nitrogens is 1.